The van der Waals surface area contributed by atoms with E-state index in [1.54, 1.807) is 0 Å². The summed E-state index contributed by atoms with van der Waals surface area (Å²) in [7, 11) is 0. The average molecular weight is 321 g/mol. The molecule has 2 fully saturated rings. The van der Waals surface area contributed by atoms with Gasteiger partial charge in [-0.15, -0.1) is 0 Å². The van der Waals surface area contributed by atoms with Crippen LogP contribution >= 0.6 is 0 Å². The van der Waals surface area contributed by atoms with E-state index in [4.69, 9.17) is 5.73 Å². The number of likely N-dealkylation sites (tertiary alicyclic amines) is 1. The molecule has 0 radical (unpaired) electrons. The Bertz CT molecular complexity index is 368. The Morgan fingerprint density at radius 1 is 1.14 bits per heavy atom. The second-order valence-electron chi connectivity index (χ2n) is 6.55. The maximum absolute atomic E-state index is 12.2. The van der Waals surface area contributed by atoms with Crippen molar-refractivity contribution in [1.29, 1.82) is 0 Å². The van der Waals surface area contributed by atoms with Gasteiger partial charge in [0, 0.05) is 18.6 Å². The minimum atomic E-state index is -4.08. The summed E-state index contributed by atoms with van der Waals surface area (Å²) in [5.74, 6) is -0.336. The Balaban J connectivity index is 1.73. The van der Waals surface area contributed by atoms with Crippen molar-refractivity contribution in [1.82, 2.24) is 10.2 Å². The van der Waals surface area contributed by atoms with E-state index in [0.29, 0.717) is 13.1 Å². The van der Waals surface area contributed by atoms with Gasteiger partial charge in [0.1, 0.15) is 0 Å². The number of piperidine rings is 1. The molecule has 0 aromatic rings. The van der Waals surface area contributed by atoms with Gasteiger partial charge in [-0.1, -0.05) is 12.8 Å². The van der Waals surface area contributed by atoms with Crippen molar-refractivity contribution in [2.24, 2.45) is 11.7 Å². The first-order valence-electron chi connectivity index (χ1n) is 8.19. The van der Waals surface area contributed by atoms with E-state index in [-0.39, 0.29) is 30.5 Å². The van der Waals surface area contributed by atoms with E-state index < -0.39 is 12.6 Å². The smallest absolute Gasteiger partial charge is 0.369 e. The first-order valence-corrected chi connectivity index (χ1v) is 8.19. The Kier molecular flexibility index (Phi) is 6.09. The van der Waals surface area contributed by atoms with Gasteiger partial charge >= 0.3 is 6.18 Å². The molecule has 1 saturated heterocycles. The lowest BCUT2D eigenvalue weighted by Gasteiger charge is -2.37. The number of rotatable bonds is 5. The molecule has 128 valence electrons. The SMILES string of the molecule is NC(=O)[C@H]1CCCC[C@@H]1NC1CCN(CCC(F)(F)F)CC1. The number of primary amides is 1. The number of carbonyl (C=O) groups excluding carboxylic acids is 1. The Morgan fingerprint density at radius 3 is 2.36 bits per heavy atom. The molecule has 0 aromatic carbocycles. The molecule has 1 aliphatic carbocycles. The first kappa shape index (κ1) is 17.5. The van der Waals surface area contributed by atoms with Gasteiger partial charge < -0.3 is 16.0 Å². The summed E-state index contributed by atoms with van der Waals surface area (Å²) in [6, 6.07) is 0.421. The molecule has 4 nitrogen and oxygen atoms in total. The number of hydrogen-bond acceptors (Lipinski definition) is 3. The first-order chi connectivity index (χ1) is 10.3. The van der Waals surface area contributed by atoms with Gasteiger partial charge in [-0.25, -0.2) is 0 Å². The van der Waals surface area contributed by atoms with Crippen molar-refractivity contribution >= 4 is 5.91 Å². The molecular formula is C15H26F3N3O. The quantitative estimate of drug-likeness (QED) is 0.815. The van der Waals surface area contributed by atoms with Gasteiger partial charge in [0.15, 0.2) is 0 Å². The van der Waals surface area contributed by atoms with E-state index in [1.807, 2.05) is 4.90 Å². The zero-order valence-corrected chi connectivity index (χ0v) is 12.9. The molecule has 0 unspecified atom stereocenters. The number of nitrogens with one attached hydrogen (secondary N) is 1. The molecule has 0 bridgehead atoms. The molecule has 1 saturated carbocycles. The maximum atomic E-state index is 12.2. The third kappa shape index (κ3) is 5.43. The van der Waals surface area contributed by atoms with Crippen LogP contribution in [0.5, 0.6) is 0 Å². The molecule has 1 heterocycles. The fourth-order valence-electron chi connectivity index (χ4n) is 3.58. The Labute approximate surface area is 129 Å². The zero-order chi connectivity index (χ0) is 16.2. The van der Waals surface area contributed by atoms with Crippen LogP contribution in [0.1, 0.15) is 44.9 Å². The van der Waals surface area contributed by atoms with Gasteiger partial charge in [0.25, 0.3) is 0 Å². The van der Waals surface area contributed by atoms with Gasteiger partial charge in [-0.3, -0.25) is 4.79 Å². The molecule has 2 aliphatic rings. The normalized spacial score (nSPS) is 28.7. The van der Waals surface area contributed by atoms with Crippen LogP contribution in [0.25, 0.3) is 0 Å². The predicted octanol–water partition coefficient (Wildman–Crippen LogP) is 2.04. The van der Waals surface area contributed by atoms with Crippen LogP contribution < -0.4 is 11.1 Å². The number of nitrogens with two attached hydrogens (primary N) is 1. The second-order valence-corrected chi connectivity index (χ2v) is 6.55. The lowest BCUT2D eigenvalue weighted by atomic mass is 9.83. The molecule has 22 heavy (non-hydrogen) atoms. The van der Waals surface area contributed by atoms with Crippen molar-refractivity contribution < 1.29 is 18.0 Å². The van der Waals surface area contributed by atoms with Crippen molar-refractivity contribution in [3.8, 4) is 0 Å². The topological polar surface area (TPSA) is 58.4 Å². The van der Waals surface area contributed by atoms with Crippen LogP contribution in [0.2, 0.25) is 0 Å². The Morgan fingerprint density at radius 2 is 1.77 bits per heavy atom. The van der Waals surface area contributed by atoms with Crippen molar-refractivity contribution in [2.45, 2.75) is 63.2 Å². The molecule has 1 aliphatic heterocycles. The number of hydrogen-bond donors (Lipinski definition) is 2. The lowest BCUT2D eigenvalue weighted by molar-refractivity contribution is -0.138. The van der Waals surface area contributed by atoms with Crippen LogP contribution in [0, 0.1) is 5.92 Å². The summed E-state index contributed by atoms with van der Waals surface area (Å²) in [4.78, 5) is 13.4. The summed E-state index contributed by atoms with van der Waals surface area (Å²) in [6.45, 7) is 1.45. The van der Waals surface area contributed by atoms with Crippen molar-refractivity contribution in [2.75, 3.05) is 19.6 Å². The highest BCUT2D eigenvalue weighted by atomic mass is 19.4. The summed E-state index contributed by atoms with van der Waals surface area (Å²) in [5, 5.41) is 3.53. The molecule has 2 rings (SSSR count). The van der Waals surface area contributed by atoms with Crippen LogP contribution in [0.15, 0.2) is 0 Å². The third-order valence-electron chi connectivity index (χ3n) is 4.88. The summed E-state index contributed by atoms with van der Waals surface area (Å²) >= 11 is 0. The second kappa shape index (κ2) is 7.64. The molecule has 0 spiro atoms. The van der Waals surface area contributed by atoms with E-state index in [9.17, 15) is 18.0 Å². The van der Waals surface area contributed by atoms with Gasteiger partial charge in [0.05, 0.1) is 12.3 Å². The van der Waals surface area contributed by atoms with Crippen molar-refractivity contribution in [3.63, 3.8) is 0 Å². The van der Waals surface area contributed by atoms with E-state index >= 15 is 0 Å². The molecule has 1 amide bonds. The van der Waals surface area contributed by atoms with Gasteiger partial charge in [0.2, 0.25) is 5.91 Å². The number of nitrogens with zero attached hydrogens (tertiary/aromatic N) is 1. The summed E-state index contributed by atoms with van der Waals surface area (Å²) < 4.78 is 36.7. The number of carbonyl (C=O) groups is 1. The van der Waals surface area contributed by atoms with Crippen LogP contribution in [0.4, 0.5) is 13.2 Å². The largest absolute Gasteiger partial charge is 0.390 e. The highest BCUT2D eigenvalue weighted by molar-refractivity contribution is 5.77. The highest BCUT2D eigenvalue weighted by Gasteiger charge is 2.32. The minimum absolute atomic E-state index is 0.0869. The zero-order valence-electron chi connectivity index (χ0n) is 12.9. The average Bonchev–Trinajstić information content (AvgIpc) is 2.46. The lowest BCUT2D eigenvalue weighted by Crippen LogP contribution is -2.52. The van der Waals surface area contributed by atoms with Crippen molar-refractivity contribution in [3.05, 3.63) is 0 Å². The number of amides is 1. The fraction of sp³-hybridized carbons (Fsp3) is 0.933. The highest BCUT2D eigenvalue weighted by Crippen LogP contribution is 2.26. The molecule has 7 heteroatoms. The van der Waals surface area contributed by atoms with Crippen LogP contribution in [0.3, 0.4) is 0 Å². The predicted molar refractivity (Wildman–Crippen MR) is 78.2 cm³/mol. The fourth-order valence-corrected chi connectivity index (χ4v) is 3.58. The molecule has 3 N–H and O–H groups in total. The van der Waals surface area contributed by atoms with E-state index in [0.717, 1.165) is 38.5 Å². The summed E-state index contributed by atoms with van der Waals surface area (Å²) in [5.41, 5.74) is 5.47. The molecule has 2 atom stereocenters. The molecule has 0 aromatic heterocycles. The molecular weight excluding hydrogens is 295 g/mol. The van der Waals surface area contributed by atoms with Gasteiger partial charge in [-0.2, -0.15) is 13.2 Å². The number of alkyl halides is 3. The van der Waals surface area contributed by atoms with Crippen LogP contribution in [-0.4, -0.2) is 48.7 Å². The standard InChI is InChI=1S/C15H26F3N3O/c16-15(17,18)7-10-21-8-5-11(6-9-21)20-13-4-2-1-3-12(13)14(19)22/h11-13,20H,1-10H2,(H2,19,22)/t12-,13-/m0/s1. The van der Waals surface area contributed by atoms with Crippen LogP contribution in [-0.2, 0) is 4.79 Å². The van der Waals surface area contributed by atoms with E-state index in [2.05, 4.69) is 5.32 Å². The minimum Gasteiger partial charge on any atom is -0.369 e. The maximum Gasteiger partial charge on any atom is 0.390 e. The third-order valence-corrected chi connectivity index (χ3v) is 4.88. The van der Waals surface area contributed by atoms with Gasteiger partial charge in [-0.05, 0) is 38.8 Å². The monoisotopic (exact) mass is 321 g/mol. The van der Waals surface area contributed by atoms with E-state index in [1.165, 1.54) is 0 Å². The number of halogens is 3. The summed E-state index contributed by atoms with van der Waals surface area (Å²) in [6.07, 6.45) is 0.802. The Hall–Kier alpha value is -0.820.